The molecule has 1 saturated heterocycles. The highest BCUT2D eigenvalue weighted by atomic mass is 32.2. The molecule has 2 atom stereocenters. The number of rotatable bonds is 11. The fourth-order valence-electron chi connectivity index (χ4n) is 3.74. The third kappa shape index (κ3) is 7.25. The number of halogens is 1. The number of hydrogen-bond acceptors (Lipinski definition) is 6. The van der Waals surface area contributed by atoms with Crippen molar-refractivity contribution in [1.29, 1.82) is 0 Å². The molecular weight excluding hydrogens is 465 g/mol. The normalized spacial score (nSPS) is 16.8. The molecule has 2 unspecified atom stereocenters. The molecule has 1 heterocycles. The van der Waals surface area contributed by atoms with Crippen LogP contribution < -0.4 is 10.0 Å². The molecule has 0 aliphatic carbocycles. The first-order valence-electron chi connectivity index (χ1n) is 10.8. The van der Waals surface area contributed by atoms with Gasteiger partial charge in [0.05, 0.1) is 19.3 Å². The van der Waals surface area contributed by atoms with Gasteiger partial charge in [0.15, 0.2) is 0 Å². The molecule has 1 fully saturated rings. The molecule has 1 amide bonds. The van der Waals surface area contributed by atoms with Crippen LogP contribution in [0.4, 0.5) is 4.39 Å². The van der Waals surface area contributed by atoms with E-state index in [9.17, 15) is 17.6 Å². The molecule has 2 N–H and O–H groups in total. The zero-order valence-electron chi connectivity index (χ0n) is 18.6. The van der Waals surface area contributed by atoms with Crippen LogP contribution in [0.1, 0.15) is 18.0 Å². The Hall–Kier alpha value is -1.98. The van der Waals surface area contributed by atoms with Crippen molar-refractivity contribution in [1.82, 2.24) is 14.9 Å². The Morgan fingerprint density at radius 1 is 1.12 bits per heavy atom. The highest BCUT2D eigenvalue weighted by Crippen LogP contribution is 2.21. The van der Waals surface area contributed by atoms with Crippen molar-refractivity contribution in [3.05, 3.63) is 66.0 Å². The largest absolute Gasteiger partial charge is 0.379 e. The summed E-state index contributed by atoms with van der Waals surface area (Å²) in [7, 11) is -4.20. The van der Waals surface area contributed by atoms with Crippen LogP contribution in [0.5, 0.6) is 0 Å². The van der Waals surface area contributed by atoms with Crippen LogP contribution in [0.25, 0.3) is 0 Å². The summed E-state index contributed by atoms with van der Waals surface area (Å²) < 4.78 is 47.5. The Morgan fingerprint density at radius 2 is 1.79 bits per heavy atom. The summed E-state index contributed by atoms with van der Waals surface area (Å²) >= 11 is 1.51. The van der Waals surface area contributed by atoms with Crippen LogP contribution >= 0.6 is 11.8 Å². The number of morpholine rings is 1. The average Bonchev–Trinajstić information content (AvgIpc) is 2.83. The molecule has 10 heteroatoms. The predicted molar refractivity (Wildman–Crippen MR) is 128 cm³/mol. The van der Waals surface area contributed by atoms with Crippen molar-refractivity contribution in [2.75, 3.05) is 44.9 Å². The van der Waals surface area contributed by atoms with Gasteiger partial charge in [0.1, 0.15) is 16.8 Å². The van der Waals surface area contributed by atoms with Crippen LogP contribution in [-0.2, 0) is 19.6 Å². The lowest BCUT2D eigenvalue weighted by atomic mass is 10.0. The minimum atomic E-state index is -4.20. The highest BCUT2D eigenvalue weighted by Gasteiger charge is 2.29. The Kier molecular flexibility index (Phi) is 9.69. The van der Waals surface area contributed by atoms with Crippen LogP contribution in [0, 0.1) is 5.82 Å². The van der Waals surface area contributed by atoms with E-state index in [-0.39, 0.29) is 12.5 Å². The summed E-state index contributed by atoms with van der Waals surface area (Å²) in [5.74, 6) is -0.715. The molecular formula is C23H30FN3O4S2. The topological polar surface area (TPSA) is 87.7 Å². The maximum Gasteiger partial charge on any atom is 0.244 e. The first-order chi connectivity index (χ1) is 15.9. The smallest absolute Gasteiger partial charge is 0.244 e. The van der Waals surface area contributed by atoms with Crippen molar-refractivity contribution in [3.63, 3.8) is 0 Å². The second-order valence-corrected chi connectivity index (χ2v) is 10.4. The summed E-state index contributed by atoms with van der Waals surface area (Å²) in [5, 5.41) is 2.92. The molecule has 0 bridgehead atoms. The lowest BCUT2D eigenvalue weighted by molar-refractivity contribution is -0.123. The molecule has 180 valence electrons. The Labute approximate surface area is 199 Å². The number of benzene rings is 2. The van der Waals surface area contributed by atoms with Crippen LogP contribution in [0.15, 0.2) is 59.5 Å². The number of thioether (sulfide) groups is 1. The Bertz CT molecular complexity index is 1000. The number of sulfonamides is 1. The fraction of sp³-hybridized carbons (Fsp3) is 0.435. The molecule has 0 aromatic heterocycles. The van der Waals surface area contributed by atoms with Crippen molar-refractivity contribution in [3.8, 4) is 0 Å². The van der Waals surface area contributed by atoms with E-state index in [1.807, 2.05) is 36.6 Å². The molecule has 0 radical (unpaired) electrons. The van der Waals surface area contributed by atoms with Gasteiger partial charge in [-0.25, -0.2) is 12.8 Å². The Morgan fingerprint density at radius 3 is 2.45 bits per heavy atom. The van der Waals surface area contributed by atoms with Gasteiger partial charge in [-0.05, 0) is 36.1 Å². The van der Waals surface area contributed by atoms with Gasteiger partial charge in [-0.3, -0.25) is 9.69 Å². The standard InChI is InChI=1S/C23H30FN3O4S2/c1-32-16-11-20(26-33(29,30)22-10-6-5-9-19(22)24)23(28)25-17-21(18-7-3-2-4-8-18)27-12-14-31-15-13-27/h2-10,20-21,26H,11-17H2,1H3,(H,25,28). The molecule has 1 aliphatic heterocycles. The summed E-state index contributed by atoms with van der Waals surface area (Å²) in [4.78, 5) is 14.9. The number of ether oxygens (including phenoxy) is 1. The number of hydrogen-bond donors (Lipinski definition) is 2. The molecule has 2 aromatic rings. The SMILES string of the molecule is CSCCC(NS(=O)(=O)c1ccccc1F)C(=O)NCC(c1ccccc1)N1CCOCC1. The molecule has 3 rings (SSSR count). The number of nitrogens with one attached hydrogen (secondary N) is 2. The van der Waals surface area contributed by atoms with Gasteiger partial charge in [0, 0.05) is 19.6 Å². The third-order valence-electron chi connectivity index (χ3n) is 5.49. The maximum absolute atomic E-state index is 14.1. The lowest BCUT2D eigenvalue weighted by Gasteiger charge is -2.35. The zero-order chi connectivity index (χ0) is 23.7. The van der Waals surface area contributed by atoms with Crippen molar-refractivity contribution >= 4 is 27.7 Å². The summed E-state index contributed by atoms with van der Waals surface area (Å²) in [6, 6.07) is 13.9. The van der Waals surface area contributed by atoms with E-state index < -0.39 is 32.7 Å². The highest BCUT2D eigenvalue weighted by molar-refractivity contribution is 7.98. The molecule has 0 saturated carbocycles. The van der Waals surface area contributed by atoms with Crippen LogP contribution in [0.2, 0.25) is 0 Å². The first-order valence-corrected chi connectivity index (χ1v) is 13.7. The number of nitrogens with zero attached hydrogens (tertiary/aromatic N) is 1. The second kappa shape index (κ2) is 12.5. The van der Waals surface area contributed by atoms with E-state index in [0.29, 0.717) is 25.5 Å². The summed E-state index contributed by atoms with van der Waals surface area (Å²) in [6.07, 6.45) is 2.17. The van der Waals surface area contributed by atoms with E-state index in [2.05, 4.69) is 14.9 Å². The maximum atomic E-state index is 14.1. The zero-order valence-corrected chi connectivity index (χ0v) is 20.2. The minimum absolute atomic E-state index is 0.0663. The molecule has 33 heavy (non-hydrogen) atoms. The van der Waals surface area contributed by atoms with Gasteiger partial charge >= 0.3 is 0 Å². The predicted octanol–water partition coefficient (Wildman–Crippen LogP) is 2.42. The summed E-state index contributed by atoms with van der Waals surface area (Å²) in [6.45, 7) is 3.04. The van der Waals surface area contributed by atoms with E-state index in [1.165, 1.54) is 30.0 Å². The molecule has 7 nitrogen and oxygen atoms in total. The second-order valence-electron chi connectivity index (χ2n) is 7.71. The molecule has 2 aromatic carbocycles. The fourth-order valence-corrected chi connectivity index (χ4v) is 5.52. The third-order valence-corrected chi connectivity index (χ3v) is 7.64. The van der Waals surface area contributed by atoms with Gasteiger partial charge < -0.3 is 10.1 Å². The van der Waals surface area contributed by atoms with Gasteiger partial charge in [-0.2, -0.15) is 16.5 Å². The van der Waals surface area contributed by atoms with Gasteiger partial charge in [0.25, 0.3) is 0 Å². The van der Waals surface area contributed by atoms with Crippen molar-refractivity contribution < 1.29 is 22.3 Å². The van der Waals surface area contributed by atoms with Crippen molar-refractivity contribution in [2.24, 2.45) is 0 Å². The Balaban J connectivity index is 1.73. The van der Waals surface area contributed by atoms with E-state index in [4.69, 9.17) is 4.74 Å². The van der Waals surface area contributed by atoms with Crippen LogP contribution in [-0.4, -0.2) is 70.1 Å². The first kappa shape index (κ1) is 25.6. The quantitative estimate of drug-likeness (QED) is 0.498. The van der Waals surface area contributed by atoms with Gasteiger partial charge in [-0.15, -0.1) is 0 Å². The summed E-state index contributed by atoms with van der Waals surface area (Å²) in [5.41, 5.74) is 1.06. The van der Waals surface area contributed by atoms with E-state index >= 15 is 0 Å². The molecule has 0 spiro atoms. The van der Waals surface area contributed by atoms with Gasteiger partial charge in [-0.1, -0.05) is 42.5 Å². The molecule has 1 aliphatic rings. The van der Waals surface area contributed by atoms with Crippen LogP contribution in [0.3, 0.4) is 0 Å². The lowest BCUT2D eigenvalue weighted by Crippen LogP contribution is -2.50. The number of carbonyl (C=O) groups is 1. The van der Waals surface area contributed by atoms with Crippen molar-refractivity contribution in [2.45, 2.75) is 23.4 Å². The van der Waals surface area contributed by atoms with Gasteiger partial charge in [0.2, 0.25) is 15.9 Å². The monoisotopic (exact) mass is 495 g/mol. The minimum Gasteiger partial charge on any atom is -0.379 e. The number of carbonyl (C=O) groups excluding carboxylic acids is 1. The van der Waals surface area contributed by atoms with E-state index in [1.54, 1.807) is 0 Å². The number of amides is 1. The van der Waals surface area contributed by atoms with E-state index in [0.717, 1.165) is 24.7 Å². The average molecular weight is 496 g/mol.